The topological polar surface area (TPSA) is 84.0 Å². The standard InChI is InChI=1S/C25H24N2O5S/c1-2-9-21-23-22(14-16-26(23)25(29)32-18-20-12-7-4-8-13-20)27(24(21)28)33(30,31)17-15-19-10-5-3-6-11-19/h2-8,10-13,15,17,22H,1,9,14,16,18H2/t22-/m0/s1. The highest BCUT2D eigenvalue weighted by Crippen LogP contribution is 2.40. The van der Waals surface area contributed by atoms with Crippen LogP contribution in [0.1, 0.15) is 24.0 Å². The third-order valence-electron chi connectivity index (χ3n) is 5.56. The zero-order valence-electron chi connectivity index (χ0n) is 18.0. The van der Waals surface area contributed by atoms with E-state index >= 15 is 0 Å². The number of hydrogen-bond donors (Lipinski definition) is 0. The monoisotopic (exact) mass is 464 g/mol. The Bertz CT molecular complexity index is 1220. The molecule has 7 nitrogen and oxygen atoms in total. The Balaban J connectivity index is 1.57. The largest absolute Gasteiger partial charge is 0.444 e. The molecule has 2 aliphatic heterocycles. The summed E-state index contributed by atoms with van der Waals surface area (Å²) in [7, 11) is -4.07. The lowest BCUT2D eigenvalue weighted by molar-refractivity contribution is -0.122. The molecule has 2 heterocycles. The van der Waals surface area contributed by atoms with Crippen molar-refractivity contribution in [2.75, 3.05) is 6.54 Å². The van der Waals surface area contributed by atoms with Crippen LogP contribution in [0.15, 0.2) is 90.0 Å². The van der Waals surface area contributed by atoms with Crippen LogP contribution >= 0.6 is 0 Å². The Labute approximate surface area is 193 Å². The lowest BCUT2D eigenvalue weighted by Gasteiger charge is -2.21. The summed E-state index contributed by atoms with van der Waals surface area (Å²) in [6.07, 6.45) is 2.83. The average Bonchev–Trinajstić information content (AvgIpc) is 3.36. The van der Waals surface area contributed by atoms with Gasteiger partial charge in [0.25, 0.3) is 15.9 Å². The SMILES string of the molecule is C=CCC1=C2[C@H](CCN2C(=O)OCc2ccccc2)N(S(=O)(=O)C=Cc2ccccc2)C1=O. The van der Waals surface area contributed by atoms with Gasteiger partial charge in [0.05, 0.1) is 17.1 Å². The fourth-order valence-corrected chi connectivity index (χ4v) is 5.44. The summed E-state index contributed by atoms with van der Waals surface area (Å²) in [6.45, 7) is 4.02. The van der Waals surface area contributed by atoms with Crippen molar-refractivity contribution in [3.8, 4) is 0 Å². The molecule has 1 saturated heterocycles. The minimum Gasteiger partial charge on any atom is -0.444 e. The molecule has 0 spiro atoms. The summed E-state index contributed by atoms with van der Waals surface area (Å²) in [5.41, 5.74) is 2.17. The zero-order chi connectivity index (χ0) is 23.4. The van der Waals surface area contributed by atoms with Crippen LogP contribution in [0.25, 0.3) is 6.08 Å². The highest BCUT2D eigenvalue weighted by atomic mass is 32.2. The summed E-state index contributed by atoms with van der Waals surface area (Å²) in [6, 6.07) is 17.5. The number of amides is 2. The van der Waals surface area contributed by atoms with Gasteiger partial charge in [0, 0.05) is 12.1 Å². The fourth-order valence-electron chi connectivity index (χ4n) is 4.08. The summed E-state index contributed by atoms with van der Waals surface area (Å²) >= 11 is 0. The predicted octanol–water partition coefficient (Wildman–Crippen LogP) is 4.07. The van der Waals surface area contributed by atoms with Gasteiger partial charge in [-0.1, -0.05) is 66.7 Å². The van der Waals surface area contributed by atoms with E-state index in [0.29, 0.717) is 17.7 Å². The smallest absolute Gasteiger partial charge is 0.414 e. The van der Waals surface area contributed by atoms with Crippen molar-refractivity contribution in [2.45, 2.75) is 25.5 Å². The predicted molar refractivity (Wildman–Crippen MR) is 125 cm³/mol. The molecule has 0 saturated carbocycles. The van der Waals surface area contributed by atoms with Gasteiger partial charge in [0.1, 0.15) is 6.61 Å². The summed E-state index contributed by atoms with van der Waals surface area (Å²) in [5, 5.41) is 1.03. The zero-order valence-corrected chi connectivity index (χ0v) is 18.8. The number of sulfonamides is 1. The van der Waals surface area contributed by atoms with E-state index in [4.69, 9.17) is 4.74 Å². The maximum atomic E-state index is 13.1. The van der Waals surface area contributed by atoms with E-state index in [1.807, 2.05) is 36.4 Å². The van der Waals surface area contributed by atoms with Gasteiger partial charge in [-0.05, 0) is 30.0 Å². The number of nitrogens with zero attached hydrogens (tertiary/aromatic N) is 2. The normalized spacial score (nSPS) is 18.2. The number of benzene rings is 2. The number of ether oxygens (including phenoxy) is 1. The maximum Gasteiger partial charge on any atom is 0.414 e. The van der Waals surface area contributed by atoms with Gasteiger partial charge in [-0.3, -0.25) is 9.69 Å². The molecule has 33 heavy (non-hydrogen) atoms. The number of likely N-dealkylation sites (tertiary alicyclic amines) is 1. The highest BCUT2D eigenvalue weighted by molar-refractivity contribution is 7.92. The summed E-state index contributed by atoms with van der Waals surface area (Å²) < 4.78 is 32.6. The molecule has 2 aromatic carbocycles. The van der Waals surface area contributed by atoms with E-state index in [0.717, 1.165) is 15.3 Å². The fraction of sp³-hybridized carbons (Fsp3) is 0.200. The number of rotatable bonds is 7. The first-order valence-electron chi connectivity index (χ1n) is 10.6. The van der Waals surface area contributed by atoms with Crippen LogP contribution in [0.4, 0.5) is 4.79 Å². The van der Waals surface area contributed by atoms with Crippen molar-refractivity contribution >= 4 is 28.1 Å². The van der Waals surface area contributed by atoms with Gasteiger partial charge in [-0.25, -0.2) is 17.5 Å². The number of carbonyl (C=O) groups is 2. The molecular formula is C25H24N2O5S. The Kier molecular flexibility index (Phi) is 6.46. The van der Waals surface area contributed by atoms with Crippen LogP contribution in [0.2, 0.25) is 0 Å². The van der Waals surface area contributed by atoms with Crippen LogP contribution < -0.4 is 0 Å². The highest BCUT2D eigenvalue weighted by Gasteiger charge is 2.50. The Morgan fingerprint density at radius 3 is 2.42 bits per heavy atom. The molecule has 170 valence electrons. The molecule has 2 aliphatic rings. The lowest BCUT2D eigenvalue weighted by Crippen LogP contribution is -2.39. The van der Waals surface area contributed by atoms with Gasteiger partial charge >= 0.3 is 6.09 Å². The first kappa shape index (κ1) is 22.5. The Hall–Kier alpha value is -3.65. The Morgan fingerprint density at radius 1 is 1.09 bits per heavy atom. The van der Waals surface area contributed by atoms with E-state index < -0.39 is 28.1 Å². The van der Waals surface area contributed by atoms with Gasteiger partial charge in [0.2, 0.25) is 0 Å². The second kappa shape index (κ2) is 9.46. The first-order chi connectivity index (χ1) is 15.9. The van der Waals surface area contributed by atoms with Crippen molar-refractivity contribution in [2.24, 2.45) is 0 Å². The molecule has 1 atom stereocenters. The second-order valence-electron chi connectivity index (χ2n) is 7.71. The molecule has 1 fully saturated rings. The maximum absolute atomic E-state index is 13.1. The van der Waals surface area contributed by atoms with Gasteiger partial charge in [0.15, 0.2) is 0 Å². The van der Waals surface area contributed by atoms with E-state index in [1.165, 1.54) is 17.1 Å². The minimum atomic E-state index is -4.07. The second-order valence-corrected chi connectivity index (χ2v) is 9.41. The molecule has 2 aromatic rings. The molecule has 0 unspecified atom stereocenters. The minimum absolute atomic E-state index is 0.0840. The number of carbonyl (C=O) groups excluding carboxylic acids is 2. The summed E-state index contributed by atoms with van der Waals surface area (Å²) in [4.78, 5) is 27.4. The molecule has 0 bridgehead atoms. The van der Waals surface area contributed by atoms with Crippen molar-refractivity contribution < 1.29 is 22.7 Å². The van der Waals surface area contributed by atoms with Crippen LogP contribution in [0.3, 0.4) is 0 Å². The molecule has 8 heteroatoms. The summed E-state index contributed by atoms with van der Waals surface area (Å²) in [5.74, 6) is -0.631. The average molecular weight is 465 g/mol. The van der Waals surface area contributed by atoms with E-state index in [2.05, 4.69) is 6.58 Å². The van der Waals surface area contributed by atoms with Crippen LogP contribution in [-0.4, -0.2) is 42.2 Å². The number of hydrogen-bond acceptors (Lipinski definition) is 5. The molecule has 0 aromatic heterocycles. The lowest BCUT2D eigenvalue weighted by atomic mass is 10.1. The van der Waals surface area contributed by atoms with Crippen LogP contribution in [0.5, 0.6) is 0 Å². The molecule has 2 amide bonds. The van der Waals surface area contributed by atoms with Crippen LogP contribution in [0, 0.1) is 0 Å². The first-order valence-corrected chi connectivity index (χ1v) is 12.1. The van der Waals surface area contributed by atoms with Crippen LogP contribution in [-0.2, 0) is 26.2 Å². The van der Waals surface area contributed by atoms with Gasteiger partial charge in [-0.2, -0.15) is 0 Å². The molecule has 4 rings (SSSR count). The van der Waals surface area contributed by atoms with E-state index in [9.17, 15) is 18.0 Å². The quantitative estimate of drug-likeness (QED) is 0.577. The van der Waals surface area contributed by atoms with Crippen molar-refractivity contribution in [3.63, 3.8) is 0 Å². The molecule has 0 aliphatic carbocycles. The van der Waals surface area contributed by atoms with E-state index in [1.54, 1.807) is 24.3 Å². The van der Waals surface area contributed by atoms with Crippen molar-refractivity contribution in [3.05, 3.63) is 101 Å². The molecule has 0 radical (unpaired) electrons. The van der Waals surface area contributed by atoms with Crippen molar-refractivity contribution in [1.82, 2.24) is 9.21 Å². The molecule has 0 N–H and O–H groups in total. The van der Waals surface area contributed by atoms with E-state index in [-0.39, 0.29) is 25.1 Å². The Morgan fingerprint density at radius 2 is 1.76 bits per heavy atom. The number of fused-ring (bicyclic) bond motifs is 1. The third kappa shape index (κ3) is 4.61. The number of allylic oxidation sites excluding steroid dienone is 1. The van der Waals surface area contributed by atoms with Crippen molar-refractivity contribution in [1.29, 1.82) is 0 Å². The van der Waals surface area contributed by atoms with Gasteiger partial charge < -0.3 is 4.74 Å². The van der Waals surface area contributed by atoms with Gasteiger partial charge in [-0.15, -0.1) is 6.58 Å². The third-order valence-corrected chi connectivity index (χ3v) is 7.01. The molecular weight excluding hydrogens is 440 g/mol.